The van der Waals surface area contributed by atoms with E-state index in [4.69, 9.17) is 16.1 Å². The number of hydrogen-bond donors (Lipinski definition) is 1. The van der Waals surface area contributed by atoms with Crippen molar-refractivity contribution in [3.05, 3.63) is 70.9 Å². The van der Waals surface area contributed by atoms with Gasteiger partial charge in [-0.3, -0.25) is 14.3 Å². The van der Waals surface area contributed by atoms with Gasteiger partial charge in [0.05, 0.1) is 16.3 Å². The number of imide groups is 1. The number of benzene rings is 2. The number of nitrogens with one attached hydrogen (secondary N) is 1. The van der Waals surface area contributed by atoms with Crippen LogP contribution in [0.15, 0.2) is 79.3 Å². The van der Waals surface area contributed by atoms with Crippen LogP contribution in [0.5, 0.6) is 0 Å². The topological polar surface area (TPSA) is 147 Å². The maximum atomic E-state index is 12.7. The van der Waals surface area contributed by atoms with Crippen molar-refractivity contribution in [2.75, 3.05) is 4.72 Å². The van der Waals surface area contributed by atoms with Crippen molar-refractivity contribution in [1.82, 2.24) is 10.2 Å². The first-order valence-corrected chi connectivity index (χ1v) is 11.7. The maximum Gasteiger partial charge on any atom is 0.282 e. The highest BCUT2D eigenvalue weighted by molar-refractivity contribution is 7.92. The van der Waals surface area contributed by atoms with Gasteiger partial charge >= 0.3 is 0 Å². The average Bonchev–Trinajstić information content (AvgIpc) is 3.33. The van der Waals surface area contributed by atoms with Gasteiger partial charge < -0.3 is 4.52 Å². The Kier molecular flexibility index (Phi) is 6.26. The van der Waals surface area contributed by atoms with E-state index in [1.54, 1.807) is 13.8 Å². The summed E-state index contributed by atoms with van der Waals surface area (Å²) in [4.78, 5) is 25.3. The summed E-state index contributed by atoms with van der Waals surface area (Å²) in [5.74, 6) is -0.730. The number of hydrazone groups is 1. The van der Waals surface area contributed by atoms with Crippen molar-refractivity contribution in [2.24, 2.45) is 15.3 Å². The van der Waals surface area contributed by atoms with Gasteiger partial charge in [-0.1, -0.05) is 16.8 Å². The van der Waals surface area contributed by atoms with Crippen LogP contribution >= 0.6 is 11.6 Å². The number of amides is 2. The van der Waals surface area contributed by atoms with Crippen molar-refractivity contribution in [1.29, 1.82) is 0 Å². The lowest BCUT2D eigenvalue weighted by molar-refractivity contribution is -0.127. The fourth-order valence-electron chi connectivity index (χ4n) is 2.98. The third-order valence-electron chi connectivity index (χ3n) is 4.68. The van der Waals surface area contributed by atoms with E-state index >= 15 is 0 Å². The fourth-order valence-corrected chi connectivity index (χ4v) is 4.09. The number of anilines is 1. The number of sulfonamides is 1. The number of nitrogens with zero attached hydrogens (tertiary/aromatic N) is 5. The quantitative estimate of drug-likeness (QED) is 0.400. The molecular formula is C21H17ClN6O5S. The third kappa shape index (κ3) is 4.87. The summed E-state index contributed by atoms with van der Waals surface area (Å²) in [7, 11) is -3.88. The van der Waals surface area contributed by atoms with Crippen molar-refractivity contribution < 1.29 is 22.5 Å². The first-order valence-electron chi connectivity index (χ1n) is 9.80. The molecule has 2 amide bonds. The number of halogens is 1. The van der Waals surface area contributed by atoms with Crippen LogP contribution in [-0.4, -0.2) is 42.2 Å². The summed E-state index contributed by atoms with van der Waals surface area (Å²) in [6.07, 6.45) is 0. The molecule has 0 fully saturated rings. The number of rotatable bonds is 6. The van der Waals surface area contributed by atoms with E-state index in [-0.39, 0.29) is 16.3 Å². The molecule has 0 saturated heterocycles. The Labute approximate surface area is 199 Å². The molecule has 174 valence electrons. The molecule has 1 unspecified atom stereocenters. The Hall–Kier alpha value is -3.90. The minimum atomic E-state index is -3.88. The molecule has 13 heteroatoms. The molecule has 0 saturated carbocycles. The first kappa shape index (κ1) is 23.3. The van der Waals surface area contributed by atoms with Crippen LogP contribution < -0.4 is 4.72 Å². The molecule has 1 aliphatic heterocycles. The van der Waals surface area contributed by atoms with Gasteiger partial charge in [-0.15, -0.1) is 0 Å². The molecule has 0 aliphatic carbocycles. The molecule has 34 heavy (non-hydrogen) atoms. The van der Waals surface area contributed by atoms with E-state index in [2.05, 4.69) is 25.2 Å². The van der Waals surface area contributed by atoms with Gasteiger partial charge in [0.15, 0.2) is 11.9 Å². The van der Waals surface area contributed by atoms with E-state index in [1.165, 1.54) is 54.6 Å². The highest BCUT2D eigenvalue weighted by Crippen LogP contribution is 2.22. The largest absolute Gasteiger partial charge is 0.360 e. The Morgan fingerprint density at radius 3 is 2.41 bits per heavy atom. The summed E-state index contributed by atoms with van der Waals surface area (Å²) >= 11 is 5.83. The van der Waals surface area contributed by atoms with Crippen molar-refractivity contribution in [3.63, 3.8) is 0 Å². The van der Waals surface area contributed by atoms with Crippen LogP contribution in [0.4, 0.5) is 11.5 Å². The normalized spacial score (nSPS) is 16.2. The van der Waals surface area contributed by atoms with Crippen molar-refractivity contribution in [3.8, 4) is 0 Å². The van der Waals surface area contributed by atoms with E-state index in [0.29, 0.717) is 22.2 Å². The summed E-state index contributed by atoms with van der Waals surface area (Å²) < 4.78 is 32.1. The molecule has 0 spiro atoms. The fraction of sp³-hybridized carbons (Fsp3) is 0.143. The number of carbonyl (C=O) groups is 2. The maximum absolute atomic E-state index is 12.7. The zero-order valence-electron chi connectivity index (χ0n) is 17.8. The second-order valence-corrected chi connectivity index (χ2v) is 9.36. The molecular weight excluding hydrogens is 484 g/mol. The van der Waals surface area contributed by atoms with Gasteiger partial charge in [0.25, 0.3) is 21.8 Å². The average molecular weight is 501 g/mol. The lowest BCUT2D eigenvalue weighted by Gasteiger charge is -2.10. The van der Waals surface area contributed by atoms with E-state index < -0.39 is 27.9 Å². The van der Waals surface area contributed by atoms with E-state index in [1.807, 2.05) is 0 Å². The molecule has 1 aliphatic rings. The summed E-state index contributed by atoms with van der Waals surface area (Å²) in [5, 5.41) is 16.8. The molecule has 2 aromatic carbocycles. The Bertz CT molecular complexity index is 1410. The van der Waals surface area contributed by atoms with E-state index in [0.717, 1.165) is 5.01 Å². The zero-order valence-corrected chi connectivity index (χ0v) is 19.4. The molecule has 4 rings (SSSR count). The number of azo groups is 1. The van der Waals surface area contributed by atoms with Gasteiger partial charge in [-0.25, -0.2) is 8.42 Å². The Morgan fingerprint density at radius 2 is 1.79 bits per heavy atom. The SMILES string of the molecule is CC1=NN(C(=O)c2ccc(Cl)cc2)C(=O)C1/N=N/c1ccc(S(=O)(=O)Nc2cc(C)on2)cc1. The van der Waals surface area contributed by atoms with Gasteiger partial charge in [-0.2, -0.15) is 20.3 Å². The lowest BCUT2D eigenvalue weighted by atomic mass is 10.2. The molecule has 0 bridgehead atoms. The van der Waals surface area contributed by atoms with Gasteiger partial charge in [0.1, 0.15) is 5.76 Å². The zero-order chi connectivity index (χ0) is 24.5. The highest BCUT2D eigenvalue weighted by atomic mass is 35.5. The second-order valence-electron chi connectivity index (χ2n) is 7.24. The molecule has 1 atom stereocenters. The number of aromatic nitrogens is 1. The number of carbonyl (C=O) groups excluding carboxylic acids is 2. The standard InChI is InChI=1S/C21H17ClN6O5S/c1-12-11-18(26-33-12)27-34(31,32)17-9-7-16(8-10-17)23-24-19-13(2)25-28(21(19)30)20(29)14-3-5-15(22)6-4-14/h3-11,19H,1-2H3,(H,26,27)/b24-23+. The summed E-state index contributed by atoms with van der Waals surface area (Å²) in [6.45, 7) is 3.20. The second kappa shape index (κ2) is 9.15. The lowest BCUT2D eigenvalue weighted by Crippen LogP contribution is -2.34. The minimum Gasteiger partial charge on any atom is -0.360 e. The number of hydrogen-bond acceptors (Lipinski definition) is 9. The van der Waals surface area contributed by atoms with Crippen molar-refractivity contribution >= 4 is 50.7 Å². The summed E-state index contributed by atoms with van der Waals surface area (Å²) in [5.41, 5.74) is 0.847. The smallest absolute Gasteiger partial charge is 0.282 e. The predicted octanol–water partition coefficient (Wildman–Crippen LogP) is 3.95. The molecule has 2 heterocycles. The van der Waals surface area contributed by atoms with Crippen LogP contribution in [0, 0.1) is 6.92 Å². The molecule has 0 radical (unpaired) electrons. The molecule has 3 aromatic rings. The Morgan fingerprint density at radius 1 is 1.12 bits per heavy atom. The highest BCUT2D eigenvalue weighted by Gasteiger charge is 2.38. The monoisotopic (exact) mass is 500 g/mol. The van der Waals surface area contributed by atoms with Gasteiger partial charge in [0, 0.05) is 16.7 Å². The van der Waals surface area contributed by atoms with Gasteiger partial charge in [0.2, 0.25) is 0 Å². The van der Waals surface area contributed by atoms with Crippen LogP contribution in [0.25, 0.3) is 0 Å². The summed E-state index contributed by atoms with van der Waals surface area (Å²) in [6, 6.07) is 11.9. The van der Waals surface area contributed by atoms with E-state index in [9.17, 15) is 18.0 Å². The predicted molar refractivity (Wildman–Crippen MR) is 123 cm³/mol. The van der Waals surface area contributed by atoms with Crippen molar-refractivity contribution in [2.45, 2.75) is 24.8 Å². The minimum absolute atomic E-state index is 0.0264. The van der Waals surface area contributed by atoms with Crippen LogP contribution in [0.1, 0.15) is 23.0 Å². The van der Waals surface area contributed by atoms with Gasteiger partial charge in [-0.05, 0) is 62.4 Å². The van der Waals surface area contributed by atoms with Crippen LogP contribution in [-0.2, 0) is 14.8 Å². The molecule has 11 nitrogen and oxygen atoms in total. The van der Waals surface area contributed by atoms with Crippen LogP contribution in [0.3, 0.4) is 0 Å². The Balaban J connectivity index is 1.45. The first-order chi connectivity index (χ1) is 16.1. The molecule has 1 aromatic heterocycles. The molecule has 1 N–H and O–H groups in total. The van der Waals surface area contributed by atoms with Crippen LogP contribution in [0.2, 0.25) is 5.02 Å². The third-order valence-corrected chi connectivity index (χ3v) is 6.30. The number of aryl methyl sites for hydroxylation is 1.